The molecule has 0 aromatic heterocycles. The van der Waals surface area contributed by atoms with Crippen LogP contribution in [0.25, 0.3) is 0 Å². The summed E-state index contributed by atoms with van der Waals surface area (Å²) < 4.78 is 13.5. The molecule has 1 atom stereocenters. The molecule has 1 aromatic carbocycles. The van der Waals surface area contributed by atoms with Crippen molar-refractivity contribution in [2.75, 3.05) is 6.54 Å². The van der Waals surface area contributed by atoms with Gasteiger partial charge in [0.05, 0.1) is 0 Å². The Morgan fingerprint density at radius 3 is 2.76 bits per heavy atom. The SMILES string of the molecule is CC1(C(=O)O)CCCCN1C(=O)NCc1ccccc1F. The van der Waals surface area contributed by atoms with Crippen LogP contribution in [0.3, 0.4) is 0 Å². The molecule has 1 unspecified atom stereocenters. The van der Waals surface area contributed by atoms with Crippen LogP contribution in [-0.2, 0) is 11.3 Å². The van der Waals surface area contributed by atoms with E-state index in [1.807, 2.05) is 0 Å². The lowest BCUT2D eigenvalue weighted by atomic mass is 9.89. The first-order valence-electron chi connectivity index (χ1n) is 6.97. The van der Waals surface area contributed by atoms with E-state index in [2.05, 4.69) is 5.32 Å². The number of hydrogen-bond donors (Lipinski definition) is 2. The molecule has 0 saturated carbocycles. The highest BCUT2D eigenvalue weighted by molar-refractivity contribution is 5.86. The Balaban J connectivity index is 2.05. The van der Waals surface area contributed by atoms with E-state index in [0.29, 0.717) is 18.5 Å². The molecule has 1 aliphatic rings. The van der Waals surface area contributed by atoms with Gasteiger partial charge in [0.1, 0.15) is 11.4 Å². The third-order valence-corrected chi connectivity index (χ3v) is 3.98. The van der Waals surface area contributed by atoms with E-state index < -0.39 is 23.4 Å². The van der Waals surface area contributed by atoms with Crippen LogP contribution in [0.15, 0.2) is 24.3 Å². The number of urea groups is 1. The van der Waals surface area contributed by atoms with E-state index >= 15 is 0 Å². The normalized spacial score (nSPS) is 21.9. The second-order valence-corrected chi connectivity index (χ2v) is 5.44. The van der Waals surface area contributed by atoms with Gasteiger partial charge < -0.3 is 15.3 Å². The Morgan fingerprint density at radius 1 is 1.38 bits per heavy atom. The minimum atomic E-state index is -1.20. The van der Waals surface area contributed by atoms with Gasteiger partial charge in [-0.3, -0.25) is 0 Å². The number of hydrogen-bond acceptors (Lipinski definition) is 2. The first-order valence-corrected chi connectivity index (χ1v) is 6.97. The molecule has 0 spiro atoms. The van der Waals surface area contributed by atoms with E-state index in [-0.39, 0.29) is 6.54 Å². The molecular weight excluding hydrogens is 275 g/mol. The molecule has 2 rings (SSSR count). The summed E-state index contributed by atoms with van der Waals surface area (Å²) in [6.45, 7) is 1.99. The molecule has 0 bridgehead atoms. The fraction of sp³-hybridized carbons (Fsp3) is 0.467. The number of nitrogens with zero attached hydrogens (tertiary/aromatic N) is 1. The van der Waals surface area contributed by atoms with E-state index in [0.717, 1.165) is 12.8 Å². The van der Waals surface area contributed by atoms with Crippen molar-refractivity contribution in [3.63, 3.8) is 0 Å². The van der Waals surface area contributed by atoms with Crippen LogP contribution in [0.1, 0.15) is 31.7 Å². The summed E-state index contributed by atoms with van der Waals surface area (Å²) in [6.07, 6.45) is 1.98. The summed E-state index contributed by atoms with van der Waals surface area (Å²) >= 11 is 0. The van der Waals surface area contributed by atoms with Gasteiger partial charge in [0, 0.05) is 18.7 Å². The van der Waals surface area contributed by atoms with Crippen molar-refractivity contribution < 1.29 is 19.1 Å². The predicted molar refractivity (Wildman–Crippen MR) is 75.2 cm³/mol. The largest absolute Gasteiger partial charge is 0.480 e. The number of rotatable bonds is 3. The van der Waals surface area contributed by atoms with Gasteiger partial charge in [-0.05, 0) is 32.3 Å². The summed E-state index contributed by atoms with van der Waals surface area (Å²) in [5, 5.41) is 12.0. The van der Waals surface area contributed by atoms with Crippen molar-refractivity contribution >= 4 is 12.0 Å². The number of aliphatic carboxylic acids is 1. The molecule has 21 heavy (non-hydrogen) atoms. The van der Waals surface area contributed by atoms with Crippen LogP contribution in [0, 0.1) is 5.82 Å². The highest BCUT2D eigenvalue weighted by Crippen LogP contribution is 2.28. The summed E-state index contributed by atoms with van der Waals surface area (Å²) in [6, 6.07) is 5.70. The van der Waals surface area contributed by atoms with Crippen molar-refractivity contribution in [1.82, 2.24) is 10.2 Å². The van der Waals surface area contributed by atoms with Crippen LogP contribution < -0.4 is 5.32 Å². The third-order valence-electron chi connectivity index (χ3n) is 3.98. The number of amides is 2. The summed E-state index contributed by atoms with van der Waals surface area (Å²) in [5.41, 5.74) is -0.822. The quantitative estimate of drug-likeness (QED) is 0.899. The standard InChI is InChI=1S/C15H19FN2O3/c1-15(13(19)20)8-4-5-9-18(15)14(21)17-10-11-6-2-3-7-12(11)16/h2-3,6-7H,4-5,8-10H2,1H3,(H,17,21)(H,19,20). The predicted octanol–water partition coefficient (Wildman–Crippen LogP) is 2.36. The Kier molecular flexibility index (Phi) is 4.45. The van der Waals surface area contributed by atoms with Crippen LogP contribution >= 0.6 is 0 Å². The number of likely N-dealkylation sites (tertiary alicyclic amines) is 1. The maximum absolute atomic E-state index is 13.5. The minimum Gasteiger partial charge on any atom is -0.480 e. The van der Waals surface area contributed by atoms with E-state index in [1.54, 1.807) is 25.1 Å². The summed E-state index contributed by atoms with van der Waals surface area (Å²) in [7, 11) is 0. The molecule has 2 N–H and O–H groups in total. The average molecular weight is 294 g/mol. The summed E-state index contributed by atoms with van der Waals surface area (Å²) in [5.74, 6) is -1.40. The van der Waals surface area contributed by atoms with Crippen molar-refractivity contribution in [2.24, 2.45) is 0 Å². The average Bonchev–Trinajstić information content (AvgIpc) is 2.46. The number of piperidine rings is 1. The third kappa shape index (κ3) is 3.15. The van der Waals surface area contributed by atoms with Crippen molar-refractivity contribution in [3.8, 4) is 0 Å². The van der Waals surface area contributed by atoms with Gasteiger partial charge in [0.2, 0.25) is 0 Å². The van der Waals surface area contributed by atoms with Crippen LogP contribution in [0.4, 0.5) is 9.18 Å². The number of carbonyl (C=O) groups excluding carboxylic acids is 1. The zero-order chi connectivity index (χ0) is 15.5. The molecule has 1 saturated heterocycles. The number of carboxylic acid groups (broad SMARTS) is 1. The fourth-order valence-corrected chi connectivity index (χ4v) is 2.58. The van der Waals surface area contributed by atoms with Crippen LogP contribution in [0.2, 0.25) is 0 Å². The Bertz CT molecular complexity index is 549. The first kappa shape index (κ1) is 15.3. The molecule has 0 radical (unpaired) electrons. The highest BCUT2D eigenvalue weighted by Gasteiger charge is 2.43. The molecule has 1 aliphatic heterocycles. The van der Waals surface area contributed by atoms with Gasteiger partial charge in [-0.2, -0.15) is 0 Å². The second kappa shape index (κ2) is 6.11. The maximum atomic E-state index is 13.5. The van der Waals surface area contributed by atoms with Gasteiger partial charge in [-0.1, -0.05) is 18.2 Å². The van der Waals surface area contributed by atoms with Gasteiger partial charge in [0.15, 0.2) is 0 Å². The van der Waals surface area contributed by atoms with Crippen molar-refractivity contribution in [1.29, 1.82) is 0 Å². The van der Waals surface area contributed by atoms with E-state index in [4.69, 9.17) is 0 Å². The highest BCUT2D eigenvalue weighted by atomic mass is 19.1. The second-order valence-electron chi connectivity index (χ2n) is 5.44. The van der Waals surface area contributed by atoms with Crippen molar-refractivity contribution in [2.45, 2.75) is 38.3 Å². The van der Waals surface area contributed by atoms with Gasteiger partial charge in [-0.15, -0.1) is 0 Å². The molecule has 1 aromatic rings. The zero-order valence-electron chi connectivity index (χ0n) is 11.9. The number of nitrogens with one attached hydrogen (secondary N) is 1. The Labute approximate surface area is 122 Å². The lowest BCUT2D eigenvalue weighted by Gasteiger charge is -2.41. The molecule has 1 heterocycles. The lowest BCUT2D eigenvalue weighted by molar-refractivity contribution is -0.150. The Hall–Kier alpha value is -2.11. The van der Waals surface area contributed by atoms with Gasteiger partial charge in [-0.25, -0.2) is 14.0 Å². The van der Waals surface area contributed by atoms with E-state index in [1.165, 1.54) is 11.0 Å². The Morgan fingerprint density at radius 2 is 2.10 bits per heavy atom. The summed E-state index contributed by atoms with van der Waals surface area (Å²) in [4.78, 5) is 25.0. The molecule has 5 nitrogen and oxygen atoms in total. The fourth-order valence-electron chi connectivity index (χ4n) is 2.58. The zero-order valence-corrected chi connectivity index (χ0v) is 11.9. The smallest absolute Gasteiger partial charge is 0.329 e. The monoisotopic (exact) mass is 294 g/mol. The van der Waals surface area contributed by atoms with Crippen molar-refractivity contribution in [3.05, 3.63) is 35.6 Å². The minimum absolute atomic E-state index is 0.0394. The van der Waals surface area contributed by atoms with Crippen LogP contribution in [0.5, 0.6) is 0 Å². The van der Waals surface area contributed by atoms with E-state index in [9.17, 15) is 19.1 Å². The molecule has 0 aliphatic carbocycles. The first-order chi connectivity index (χ1) is 9.95. The molecule has 2 amide bonds. The maximum Gasteiger partial charge on any atom is 0.329 e. The topological polar surface area (TPSA) is 69.6 Å². The number of carbonyl (C=O) groups is 2. The molecule has 1 fully saturated rings. The van der Waals surface area contributed by atoms with Crippen LogP contribution in [-0.4, -0.2) is 34.1 Å². The molecular formula is C15H19FN2O3. The number of halogens is 1. The molecule has 114 valence electrons. The lowest BCUT2D eigenvalue weighted by Crippen LogP contribution is -2.59. The van der Waals surface area contributed by atoms with Gasteiger partial charge in [0.25, 0.3) is 0 Å². The van der Waals surface area contributed by atoms with Gasteiger partial charge >= 0.3 is 12.0 Å². The number of carboxylic acids is 1. The molecule has 6 heteroatoms. The number of benzene rings is 1.